The fourth-order valence-corrected chi connectivity index (χ4v) is 5.60. The Morgan fingerprint density at radius 1 is 1.33 bits per heavy atom. The second-order valence-corrected chi connectivity index (χ2v) is 8.05. The summed E-state index contributed by atoms with van der Waals surface area (Å²) >= 11 is 1.53. The largest absolute Gasteiger partial charge is 0.316 e. The molecule has 102 valence electrons. The first-order chi connectivity index (χ1) is 7.99. The van der Waals surface area contributed by atoms with Gasteiger partial charge in [-0.05, 0) is 44.8 Å². The second-order valence-electron chi connectivity index (χ2n) is 4.91. The number of nitrogens with one attached hydrogen (secondary N) is 2. The highest BCUT2D eigenvalue weighted by Crippen LogP contribution is 2.42. The minimum atomic E-state index is -3.32. The molecule has 1 saturated heterocycles. The molecule has 1 saturated carbocycles. The maximum atomic E-state index is 12.2. The zero-order valence-electron chi connectivity index (χ0n) is 10.3. The van der Waals surface area contributed by atoms with Gasteiger partial charge in [0.05, 0.1) is 4.90 Å². The van der Waals surface area contributed by atoms with Crippen LogP contribution in [0.1, 0.15) is 9.75 Å². The van der Waals surface area contributed by atoms with Crippen molar-refractivity contribution in [2.75, 3.05) is 13.1 Å². The van der Waals surface area contributed by atoms with Crippen LogP contribution in [0, 0.1) is 25.7 Å². The van der Waals surface area contributed by atoms with Gasteiger partial charge in [-0.15, -0.1) is 23.7 Å². The van der Waals surface area contributed by atoms with Crippen LogP contribution in [-0.4, -0.2) is 27.5 Å². The van der Waals surface area contributed by atoms with Crippen molar-refractivity contribution in [2.45, 2.75) is 24.8 Å². The summed E-state index contributed by atoms with van der Waals surface area (Å²) in [6.07, 6.45) is 0. The zero-order valence-corrected chi connectivity index (χ0v) is 12.7. The molecule has 2 fully saturated rings. The van der Waals surface area contributed by atoms with E-state index in [1.165, 1.54) is 11.3 Å². The molecule has 1 aliphatic carbocycles. The van der Waals surface area contributed by atoms with E-state index in [0.717, 1.165) is 22.8 Å². The van der Waals surface area contributed by atoms with E-state index in [1.54, 1.807) is 6.07 Å². The Morgan fingerprint density at radius 2 is 1.94 bits per heavy atom. The highest BCUT2D eigenvalue weighted by Gasteiger charge is 2.54. The van der Waals surface area contributed by atoms with Crippen molar-refractivity contribution in [3.05, 3.63) is 15.8 Å². The molecule has 2 N–H and O–H groups in total. The molecule has 1 aliphatic heterocycles. The summed E-state index contributed by atoms with van der Waals surface area (Å²) in [5, 5.41) is 3.26. The summed E-state index contributed by atoms with van der Waals surface area (Å²) in [6.45, 7) is 5.69. The molecule has 0 radical (unpaired) electrons. The number of fused-ring (bicyclic) bond motifs is 1. The number of sulfonamides is 1. The molecule has 0 aromatic carbocycles. The van der Waals surface area contributed by atoms with E-state index >= 15 is 0 Å². The number of thiophene rings is 1. The topological polar surface area (TPSA) is 58.2 Å². The van der Waals surface area contributed by atoms with Crippen LogP contribution in [0.3, 0.4) is 0 Å². The van der Waals surface area contributed by atoms with Crippen molar-refractivity contribution in [1.82, 2.24) is 10.0 Å². The van der Waals surface area contributed by atoms with Crippen LogP contribution in [0.2, 0.25) is 0 Å². The van der Waals surface area contributed by atoms with Gasteiger partial charge in [-0.1, -0.05) is 0 Å². The highest BCUT2D eigenvalue weighted by atomic mass is 35.5. The quantitative estimate of drug-likeness (QED) is 0.884. The van der Waals surface area contributed by atoms with Gasteiger partial charge >= 0.3 is 0 Å². The summed E-state index contributed by atoms with van der Waals surface area (Å²) in [4.78, 5) is 2.37. The Morgan fingerprint density at radius 3 is 2.44 bits per heavy atom. The van der Waals surface area contributed by atoms with Crippen LogP contribution in [-0.2, 0) is 10.0 Å². The van der Waals surface area contributed by atoms with Gasteiger partial charge in [0.2, 0.25) is 10.0 Å². The molecule has 0 bridgehead atoms. The maximum Gasteiger partial charge on any atom is 0.241 e. The Labute approximate surface area is 118 Å². The molecule has 2 atom stereocenters. The minimum Gasteiger partial charge on any atom is -0.316 e. The molecule has 0 amide bonds. The third-order valence-electron chi connectivity index (χ3n) is 3.67. The van der Waals surface area contributed by atoms with Crippen molar-refractivity contribution in [1.29, 1.82) is 0 Å². The number of aryl methyl sites for hydroxylation is 2. The lowest BCUT2D eigenvalue weighted by molar-refractivity contribution is 0.565. The van der Waals surface area contributed by atoms with Crippen molar-refractivity contribution in [3.63, 3.8) is 0 Å². The average Bonchev–Trinajstić information content (AvgIpc) is 2.68. The minimum absolute atomic E-state index is 0. The monoisotopic (exact) mass is 308 g/mol. The van der Waals surface area contributed by atoms with Gasteiger partial charge in [0, 0.05) is 15.8 Å². The fraction of sp³-hybridized carbons (Fsp3) is 0.636. The standard InChI is InChI=1S/C11H16N2O2S2.ClH/c1-6-3-10(7(2)16-6)17(14,15)13-11-8-4-12-5-9(8)11;/h3,8-9,11-13H,4-5H2,1-2H3;1H. The summed E-state index contributed by atoms with van der Waals surface area (Å²) in [5.74, 6) is 1.01. The molecule has 1 aromatic rings. The SMILES string of the molecule is Cc1cc(S(=O)(=O)NC2C3CNCC32)c(C)s1.Cl. The van der Waals surface area contributed by atoms with Crippen molar-refractivity contribution in [2.24, 2.45) is 11.8 Å². The third kappa shape index (κ3) is 2.32. The van der Waals surface area contributed by atoms with Gasteiger partial charge in [-0.25, -0.2) is 13.1 Å². The Balaban J connectivity index is 0.00000120. The first-order valence-corrected chi connectivity index (χ1v) is 8.09. The van der Waals surface area contributed by atoms with Crippen LogP contribution in [0.5, 0.6) is 0 Å². The van der Waals surface area contributed by atoms with E-state index in [0.29, 0.717) is 16.7 Å². The molecule has 0 spiro atoms. The van der Waals surface area contributed by atoms with Crippen molar-refractivity contribution in [3.8, 4) is 0 Å². The van der Waals surface area contributed by atoms with E-state index < -0.39 is 10.0 Å². The fourth-order valence-electron chi connectivity index (χ4n) is 2.71. The maximum absolute atomic E-state index is 12.2. The van der Waals surface area contributed by atoms with E-state index in [1.807, 2.05) is 13.8 Å². The van der Waals surface area contributed by atoms with Crippen molar-refractivity contribution >= 4 is 33.8 Å². The van der Waals surface area contributed by atoms with Gasteiger partial charge in [0.1, 0.15) is 0 Å². The molecule has 2 heterocycles. The average molecular weight is 309 g/mol. The predicted molar refractivity (Wildman–Crippen MR) is 75.0 cm³/mol. The number of rotatable bonds is 3. The van der Waals surface area contributed by atoms with Crippen LogP contribution in [0.25, 0.3) is 0 Å². The van der Waals surface area contributed by atoms with Gasteiger partial charge in [0.15, 0.2) is 0 Å². The molecule has 7 heteroatoms. The third-order valence-corrected chi connectivity index (χ3v) is 6.35. The van der Waals surface area contributed by atoms with Crippen LogP contribution in [0.15, 0.2) is 11.0 Å². The molecular formula is C11H17ClN2O2S2. The van der Waals surface area contributed by atoms with Gasteiger partial charge in [-0.2, -0.15) is 0 Å². The first-order valence-electron chi connectivity index (χ1n) is 5.79. The molecule has 2 unspecified atom stereocenters. The normalized spacial score (nSPS) is 29.8. The Hall–Kier alpha value is -0.140. The summed E-state index contributed by atoms with van der Waals surface area (Å²) in [5.41, 5.74) is 0. The Bertz CT molecular complexity index is 545. The van der Waals surface area contributed by atoms with Crippen LogP contribution >= 0.6 is 23.7 Å². The number of hydrogen-bond donors (Lipinski definition) is 2. The lowest BCUT2D eigenvalue weighted by Gasteiger charge is -2.08. The van der Waals surface area contributed by atoms with E-state index in [-0.39, 0.29) is 18.4 Å². The van der Waals surface area contributed by atoms with E-state index in [2.05, 4.69) is 10.0 Å². The van der Waals surface area contributed by atoms with Gasteiger partial charge in [0.25, 0.3) is 0 Å². The smallest absolute Gasteiger partial charge is 0.241 e. The molecular weight excluding hydrogens is 292 g/mol. The Kier molecular flexibility index (Phi) is 3.77. The molecule has 1 aromatic heterocycles. The lowest BCUT2D eigenvalue weighted by Crippen LogP contribution is -2.32. The van der Waals surface area contributed by atoms with Crippen molar-refractivity contribution < 1.29 is 8.42 Å². The lowest BCUT2D eigenvalue weighted by atomic mass is 10.4. The molecule has 18 heavy (non-hydrogen) atoms. The number of hydrogen-bond acceptors (Lipinski definition) is 4. The zero-order chi connectivity index (χ0) is 12.2. The first kappa shape index (κ1) is 14.3. The summed E-state index contributed by atoms with van der Waals surface area (Å²) in [7, 11) is -3.32. The van der Waals surface area contributed by atoms with Gasteiger partial charge < -0.3 is 5.32 Å². The molecule has 4 nitrogen and oxygen atoms in total. The number of piperidine rings is 1. The van der Waals surface area contributed by atoms with E-state index in [9.17, 15) is 8.42 Å². The highest BCUT2D eigenvalue weighted by molar-refractivity contribution is 7.89. The van der Waals surface area contributed by atoms with Gasteiger partial charge in [-0.3, -0.25) is 0 Å². The summed E-state index contributed by atoms with van der Waals surface area (Å²) in [6, 6.07) is 1.92. The van der Waals surface area contributed by atoms with Crippen LogP contribution in [0.4, 0.5) is 0 Å². The molecule has 2 aliphatic rings. The number of halogens is 1. The second kappa shape index (κ2) is 4.76. The summed E-state index contributed by atoms with van der Waals surface area (Å²) < 4.78 is 27.3. The predicted octanol–water partition coefficient (Wildman–Crippen LogP) is 1.28. The van der Waals surface area contributed by atoms with E-state index in [4.69, 9.17) is 0 Å². The van der Waals surface area contributed by atoms with Crippen LogP contribution < -0.4 is 10.0 Å². The molecule has 3 rings (SSSR count).